The molecule has 0 N–H and O–H groups in total. The van der Waals surface area contributed by atoms with E-state index in [0.717, 1.165) is 33.7 Å². The van der Waals surface area contributed by atoms with Crippen LogP contribution in [-0.2, 0) is 0 Å². The molecule has 0 saturated carbocycles. The number of nitro benzene ring substituents is 2. The number of non-ortho nitro benzene ring substituents is 2. The molecule has 5 rings (SSSR count). The SMILES string of the molecule is O=[N+]([O-])c1ccc(N=C2c3ccccc3C(=Nc3ccc([N+](=O)[O-])cc3)c3ccccc32)cc1. The fraction of sp³-hybridized carbons (Fsp3) is 0. The predicted octanol–water partition coefficient (Wildman–Crippen LogP) is 6.15. The lowest BCUT2D eigenvalue weighted by molar-refractivity contribution is -0.385. The van der Waals surface area contributed by atoms with Crippen molar-refractivity contribution in [2.75, 3.05) is 0 Å². The average Bonchev–Trinajstić information content (AvgIpc) is 2.86. The number of nitrogens with zero attached hydrogens (tertiary/aromatic N) is 4. The molecule has 0 heterocycles. The molecule has 4 aromatic carbocycles. The Balaban J connectivity index is 1.67. The number of fused-ring (bicyclic) bond motifs is 2. The second-order valence-corrected chi connectivity index (χ2v) is 7.56. The standard InChI is InChI=1S/C26H16N4O4/c31-29(32)19-13-9-17(10-14-19)27-25-21-5-1-2-6-22(21)26(24-8-4-3-7-23(24)25)28-18-11-15-20(16-12-18)30(33)34/h1-16H. The minimum Gasteiger partial charge on any atom is -0.258 e. The molecule has 1 aliphatic rings. The average molecular weight is 448 g/mol. The summed E-state index contributed by atoms with van der Waals surface area (Å²) in [6.07, 6.45) is 0. The zero-order chi connectivity index (χ0) is 23.7. The van der Waals surface area contributed by atoms with Crippen LogP contribution in [0.25, 0.3) is 0 Å². The molecular formula is C26H16N4O4. The van der Waals surface area contributed by atoms with Crippen molar-refractivity contribution in [1.82, 2.24) is 0 Å². The summed E-state index contributed by atoms with van der Waals surface area (Å²) in [6.45, 7) is 0. The highest BCUT2D eigenvalue weighted by Gasteiger charge is 2.26. The van der Waals surface area contributed by atoms with Crippen molar-refractivity contribution < 1.29 is 9.85 Å². The Morgan fingerprint density at radius 3 is 1.03 bits per heavy atom. The van der Waals surface area contributed by atoms with Gasteiger partial charge in [-0.15, -0.1) is 0 Å². The lowest BCUT2D eigenvalue weighted by Crippen LogP contribution is -2.22. The van der Waals surface area contributed by atoms with Gasteiger partial charge in [0.15, 0.2) is 0 Å². The van der Waals surface area contributed by atoms with Gasteiger partial charge >= 0.3 is 0 Å². The highest BCUT2D eigenvalue weighted by Crippen LogP contribution is 2.32. The van der Waals surface area contributed by atoms with Gasteiger partial charge in [0.1, 0.15) is 0 Å². The Kier molecular flexibility index (Phi) is 5.23. The molecule has 0 spiro atoms. The minimum atomic E-state index is -0.441. The Labute approximate surface area is 193 Å². The van der Waals surface area contributed by atoms with Gasteiger partial charge in [-0.1, -0.05) is 48.5 Å². The summed E-state index contributed by atoms with van der Waals surface area (Å²) in [7, 11) is 0. The van der Waals surface area contributed by atoms with E-state index in [2.05, 4.69) is 0 Å². The van der Waals surface area contributed by atoms with Crippen molar-refractivity contribution in [3.63, 3.8) is 0 Å². The molecule has 8 heteroatoms. The number of benzene rings is 4. The Bertz CT molecular complexity index is 1330. The van der Waals surface area contributed by atoms with E-state index < -0.39 is 9.85 Å². The summed E-state index contributed by atoms with van der Waals surface area (Å²) in [5.41, 5.74) is 6.19. The van der Waals surface area contributed by atoms with Gasteiger partial charge in [-0.25, -0.2) is 9.98 Å². The van der Waals surface area contributed by atoms with Gasteiger partial charge in [-0.05, 0) is 24.3 Å². The fourth-order valence-corrected chi connectivity index (χ4v) is 3.88. The third-order valence-corrected chi connectivity index (χ3v) is 5.48. The Morgan fingerprint density at radius 2 is 0.765 bits per heavy atom. The van der Waals surface area contributed by atoms with E-state index in [0.29, 0.717) is 11.4 Å². The van der Waals surface area contributed by atoms with Crippen molar-refractivity contribution in [1.29, 1.82) is 0 Å². The predicted molar refractivity (Wildman–Crippen MR) is 130 cm³/mol. The summed E-state index contributed by atoms with van der Waals surface area (Å²) in [6, 6.07) is 27.7. The molecule has 34 heavy (non-hydrogen) atoms. The van der Waals surface area contributed by atoms with Crippen LogP contribution in [0.4, 0.5) is 22.7 Å². The summed E-state index contributed by atoms with van der Waals surface area (Å²) >= 11 is 0. The maximum Gasteiger partial charge on any atom is 0.269 e. The quantitative estimate of drug-likeness (QED) is 0.242. The van der Waals surface area contributed by atoms with Crippen molar-refractivity contribution >= 4 is 34.2 Å². The molecule has 0 atom stereocenters. The van der Waals surface area contributed by atoms with Crippen molar-refractivity contribution in [2.45, 2.75) is 0 Å². The molecule has 0 aromatic heterocycles. The molecule has 0 aliphatic heterocycles. The molecule has 4 aromatic rings. The van der Waals surface area contributed by atoms with Crippen LogP contribution in [0.1, 0.15) is 22.3 Å². The highest BCUT2D eigenvalue weighted by atomic mass is 16.6. The van der Waals surface area contributed by atoms with Crippen LogP contribution in [0, 0.1) is 20.2 Å². The summed E-state index contributed by atoms with van der Waals surface area (Å²) in [4.78, 5) is 30.8. The maximum atomic E-state index is 11.0. The van der Waals surface area contributed by atoms with Crippen molar-refractivity contribution in [3.8, 4) is 0 Å². The Morgan fingerprint density at radius 1 is 0.471 bits per heavy atom. The number of hydrogen-bond donors (Lipinski definition) is 0. The summed E-state index contributed by atoms with van der Waals surface area (Å²) < 4.78 is 0. The van der Waals surface area contributed by atoms with Crippen LogP contribution in [-0.4, -0.2) is 21.3 Å². The van der Waals surface area contributed by atoms with E-state index in [4.69, 9.17) is 9.98 Å². The zero-order valence-electron chi connectivity index (χ0n) is 17.7. The van der Waals surface area contributed by atoms with Gasteiger partial charge in [-0.3, -0.25) is 20.2 Å². The molecule has 164 valence electrons. The van der Waals surface area contributed by atoms with Gasteiger partial charge in [0.25, 0.3) is 11.4 Å². The number of hydrogen-bond acceptors (Lipinski definition) is 6. The van der Waals surface area contributed by atoms with Gasteiger partial charge in [0.05, 0.1) is 32.6 Å². The Hall–Kier alpha value is -4.98. The first-order valence-corrected chi connectivity index (χ1v) is 10.4. The van der Waals surface area contributed by atoms with Crippen LogP contribution in [0.15, 0.2) is 107 Å². The number of nitro groups is 2. The molecule has 0 bridgehead atoms. The molecule has 0 fully saturated rings. The van der Waals surface area contributed by atoms with E-state index in [-0.39, 0.29) is 11.4 Å². The van der Waals surface area contributed by atoms with Crippen molar-refractivity contribution in [2.24, 2.45) is 9.98 Å². The third kappa shape index (κ3) is 3.84. The normalized spacial score (nSPS) is 11.9. The van der Waals surface area contributed by atoms with Crippen LogP contribution in [0.2, 0.25) is 0 Å². The smallest absolute Gasteiger partial charge is 0.258 e. The number of aliphatic imine (C=N–C) groups is 2. The highest BCUT2D eigenvalue weighted by molar-refractivity contribution is 6.32. The van der Waals surface area contributed by atoms with Gasteiger partial charge in [-0.2, -0.15) is 0 Å². The second kappa shape index (κ2) is 8.51. The first-order valence-electron chi connectivity index (χ1n) is 10.4. The molecule has 0 unspecified atom stereocenters. The largest absolute Gasteiger partial charge is 0.269 e. The first-order chi connectivity index (χ1) is 16.5. The summed E-state index contributed by atoms with van der Waals surface area (Å²) in [5, 5.41) is 22.0. The van der Waals surface area contributed by atoms with E-state index in [9.17, 15) is 20.2 Å². The first kappa shape index (κ1) is 20.9. The van der Waals surface area contributed by atoms with Gasteiger partial charge in [0, 0.05) is 46.5 Å². The van der Waals surface area contributed by atoms with Gasteiger partial charge in [0.2, 0.25) is 0 Å². The third-order valence-electron chi connectivity index (χ3n) is 5.48. The van der Waals surface area contributed by atoms with Crippen molar-refractivity contribution in [3.05, 3.63) is 140 Å². The van der Waals surface area contributed by atoms with E-state index in [1.807, 2.05) is 48.5 Å². The molecule has 0 radical (unpaired) electrons. The molecule has 0 amide bonds. The van der Waals surface area contributed by atoms with Crippen LogP contribution >= 0.6 is 0 Å². The molecule has 1 aliphatic carbocycles. The molecule has 8 nitrogen and oxygen atoms in total. The number of rotatable bonds is 4. The van der Waals surface area contributed by atoms with E-state index >= 15 is 0 Å². The molecule has 0 saturated heterocycles. The van der Waals surface area contributed by atoms with Crippen LogP contribution < -0.4 is 0 Å². The lowest BCUT2D eigenvalue weighted by Gasteiger charge is -2.23. The topological polar surface area (TPSA) is 111 Å². The van der Waals surface area contributed by atoms with Crippen LogP contribution in [0.3, 0.4) is 0 Å². The van der Waals surface area contributed by atoms with Gasteiger partial charge < -0.3 is 0 Å². The fourth-order valence-electron chi connectivity index (χ4n) is 3.88. The lowest BCUT2D eigenvalue weighted by atomic mass is 9.83. The van der Waals surface area contributed by atoms with E-state index in [1.54, 1.807) is 24.3 Å². The summed E-state index contributed by atoms with van der Waals surface area (Å²) in [5.74, 6) is 0. The second-order valence-electron chi connectivity index (χ2n) is 7.56. The van der Waals surface area contributed by atoms with Crippen LogP contribution in [0.5, 0.6) is 0 Å². The minimum absolute atomic E-state index is 0.00547. The monoisotopic (exact) mass is 448 g/mol. The van der Waals surface area contributed by atoms with E-state index in [1.165, 1.54) is 24.3 Å². The maximum absolute atomic E-state index is 11.0. The zero-order valence-corrected chi connectivity index (χ0v) is 17.7. The molecular weight excluding hydrogens is 432 g/mol.